The Morgan fingerprint density at radius 1 is 0.479 bits per heavy atom. The third-order valence-corrected chi connectivity index (χ3v) is 14.3. The molecule has 73 heavy (non-hydrogen) atoms. The molecule has 1 amide bonds. The lowest BCUT2D eigenvalue weighted by atomic mass is 10.0. The molecular weight excluding hydrogens is 924 g/mol. The van der Waals surface area contributed by atoms with E-state index in [-0.39, 0.29) is 19.1 Å². The molecule has 0 bridgehead atoms. The number of aliphatic hydroxyl groups excluding tert-OH is 1. The lowest BCUT2D eigenvalue weighted by molar-refractivity contribution is -0.870. The fourth-order valence-electron chi connectivity index (χ4n) is 8.60. The molecule has 0 aliphatic carbocycles. The first-order valence-corrected chi connectivity index (χ1v) is 32.0. The summed E-state index contributed by atoms with van der Waals surface area (Å²) >= 11 is 0. The van der Waals surface area contributed by atoms with Crippen molar-refractivity contribution in [2.75, 3.05) is 40.9 Å². The molecular formula is C64H118N2O6P+. The van der Waals surface area contributed by atoms with E-state index in [0.29, 0.717) is 17.4 Å². The predicted octanol–water partition coefficient (Wildman–Crippen LogP) is 18.8. The minimum atomic E-state index is -4.37. The highest BCUT2D eigenvalue weighted by Gasteiger charge is 2.27. The number of quaternary nitrogens is 1. The summed E-state index contributed by atoms with van der Waals surface area (Å²) in [7, 11) is 1.54. The summed E-state index contributed by atoms with van der Waals surface area (Å²) in [5.74, 6) is -0.194. The molecule has 0 fully saturated rings. The van der Waals surface area contributed by atoms with Crippen molar-refractivity contribution in [2.24, 2.45) is 0 Å². The lowest BCUT2D eigenvalue weighted by Crippen LogP contribution is -2.45. The molecule has 0 aliphatic rings. The van der Waals surface area contributed by atoms with Gasteiger partial charge < -0.3 is 19.8 Å². The van der Waals surface area contributed by atoms with E-state index in [1.807, 2.05) is 27.2 Å². The summed E-state index contributed by atoms with van der Waals surface area (Å²) in [5, 5.41) is 13.9. The maximum absolute atomic E-state index is 13.0. The summed E-state index contributed by atoms with van der Waals surface area (Å²) in [6.07, 6.45) is 77.0. The first kappa shape index (κ1) is 70.7. The number of nitrogens with zero attached hydrogens (tertiary/aromatic N) is 1. The summed E-state index contributed by atoms with van der Waals surface area (Å²) in [6.45, 7) is 4.69. The molecule has 9 heteroatoms. The molecule has 424 valence electrons. The van der Waals surface area contributed by atoms with Crippen molar-refractivity contribution < 1.29 is 32.9 Å². The highest BCUT2D eigenvalue weighted by atomic mass is 31.2. The van der Waals surface area contributed by atoms with Crippen LogP contribution in [-0.2, 0) is 18.4 Å². The van der Waals surface area contributed by atoms with Gasteiger partial charge in [-0.25, -0.2) is 4.57 Å². The van der Waals surface area contributed by atoms with Crippen LogP contribution in [0.25, 0.3) is 0 Å². The molecule has 8 nitrogen and oxygen atoms in total. The number of nitrogens with one attached hydrogen (secondary N) is 1. The largest absolute Gasteiger partial charge is 0.472 e. The van der Waals surface area contributed by atoms with Gasteiger partial charge in [0.2, 0.25) is 5.91 Å². The van der Waals surface area contributed by atoms with Crippen LogP contribution in [0, 0.1) is 0 Å². The zero-order valence-corrected chi connectivity index (χ0v) is 49.3. The summed E-state index contributed by atoms with van der Waals surface area (Å²) in [6, 6.07) is -0.877. The number of hydrogen-bond donors (Lipinski definition) is 3. The average Bonchev–Trinajstić information content (AvgIpc) is 3.35. The Bertz CT molecular complexity index is 1460. The minimum Gasteiger partial charge on any atom is -0.387 e. The first-order valence-electron chi connectivity index (χ1n) is 30.5. The van der Waals surface area contributed by atoms with Crippen molar-refractivity contribution in [3.63, 3.8) is 0 Å². The predicted molar refractivity (Wildman–Crippen MR) is 318 cm³/mol. The van der Waals surface area contributed by atoms with Crippen molar-refractivity contribution in [3.05, 3.63) is 85.1 Å². The Kier molecular flexibility index (Phi) is 52.7. The van der Waals surface area contributed by atoms with Gasteiger partial charge in [-0.05, 0) is 83.5 Å². The van der Waals surface area contributed by atoms with Gasteiger partial charge in [-0.3, -0.25) is 13.8 Å². The van der Waals surface area contributed by atoms with Crippen molar-refractivity contribution in [3.8, 4) is 0 Å². The fraction of sp³-hybridized carbons (Fsp3) is 0.766. The Balaban J connectivity index is 4.26. The topological polar surface area (TPSA) is 105 Å². The number of phosphoric ester groups is 1. The summed E-state index contributed by atoms with van der Waals surface area (Å²) in [4.78, 5) is 23.3. The normalized spacial score (nSPS) is 14.5. The van der Waals surface area contributed by atoms with Crippen LogP contribution in [0.1, 0.15) is 264 Å². The second-order valence-electron chi connectivity index (χ2n) is 21.7. The molecule has 0 heterocycles. The second kappa shape index (κ2) is 54.5. The molecule has 3 atom stereocenters. The highest BCUT2D eigenvalue weighted by Crippen LogP contribution is 2.43. The van der Waals surface area contributed by atoms with E-state index in [9.17, 15) is 19.4 Å². The summed E-state index contributed by atoms with van der Waals surface area (Å²) < 4.78 is 23.7. The van der Waals surface area contributed by atoms with E-state index in [4.69, 9.17) is 9.05 Å². The van der Waals surface area contributed by atoms with Crippen LogP contribution < -0.4 is 5.32 Å². The van der Waals surface area contributed by atoms with Crippen LogP contribution in [0.2, 0.25) is 0 Å². The standard InChI is InChI=1S/C64H117N2O6P/c1-6-8-10-12-14-16-18-20-22-24-26-28-30-32-34-35-37-39-41-43-45-47-49-51-53-55-57-63(67)62(61-72-73(69,70)71-60-59-66(3,4)5)65-64(68)58-56-54-52-50-48-46-44-42-40-38-36-33-31-29-27-25-23-21-19-17-15-13-11-9-7-2/h9,11,15,17,21,23,27,29,39,41,47,49,55,57,62-63,67H,6-8,10,12-14,16,18-20,22,24-26,28,30-38,40,42-46,48,50-54,56,58-61H2,1-5H3,(H-,65,68,69,70)/p+1/b11-9-,17-15-,23-21-,29-27-,41-39+,49-47+,57-55+. The van der Waals surface area contributed by atoms with Crippen LogP contribution >= 0.6 is 7.82 Å². The molecule has 0 aromatic rings. The van der Waals surface area contributed by atoms with Crippen molar-refractivity contribution in [2.45, 2.75) is 276 Å². The Morgan fingerprint density at radius 2 is 0.836 bits per heavy atom. The smallest absolute Gasteiger partial charge is 0.387 e. The van der Waals surface area contributed by atoms with Crippen molar-refractivity contribution >= 4 is 13.7 Å². The molecule has 3 unspecified atom stereocenters. The fourth-order valence-corrected chi connectivity index (χ4v) is 9.33. The third kappa shape index (κ3) is 57.2. The maximum Gasteiger partial charge on any atom is 0.472 e. The molecule has 0 saturated carbocycles. The van der Waals surface area contributed by atoms with E-state index in [1.165, 1.54) is 173 Å². The highest BCUT2D eigenvalue weighted by molar-refractivity contribution is 7.47. The molecule has 0 aromatic carbocycles. The number of carbonyl (C=O) groups is 1. The van der Waals surface area contributed by atoms with Crippen LogP contribution in [0.3, 0.4) is 0 Å². The number of unbranched alkanes of at least 4 members (excludes halogenated alkanes) is 30. The van der Waals surface area contributed by atoms with Gasteiger partial charge in [0.15, 0.2) is 0 Å². The number of amides is 1. The summed E-state index contributed by atoms with van der Waals surface area (Å²) in [5.41, 5.74) is 0. The Labute approximate surface area is 452 Å². The second-order valence-corrected chi connectivity index (χ2v) is 23.1. The van der Waals surface area contributed by atoms with E-state index < -0.39 is 20.0 Å². The Morgan fingerprint density at radius 3 is 1.26 bits per heavy atom. The third-order valence-electron chi connectivity index (χ3n) is 13.3. The van der Waals surface area contributed by atoms with E-state index in [0.717, 1.165) is 70.6 Å². The zero-order chi connectivity index (χ0) is 53.5. The lowest BCUT2D eigenvalue weighted by Gasteiger charge is -2.25. The van der Waals surface area contributed by atoms with Crippen LogP contribution in [-0.4, -0.2) is 73.4 Å². The van der Waals surface area contributed by atoms with Gasteiger partial charge in [-0.1, -0.05) is 259 Å². The maximum atomic E-state index is 13.0. The van der Waals surface area contributed by atoms with Gasteiger partial charge in [-0.2, -0.15) is 0 Å². The van der Waals surface area contributed by atoms with Crippen LogP contribution in [0.15, 0.2) is 85.1 Å². The van der Waals surface area contributed by atoms with Crippen LogP contribution in [0.4, 0.5) is 0 Å². The molecule has 0 radical (unpaired) electrons. The number of aliphatic hydroxyl groups is 1. The number of rotatable bonds is 55. The molecule has 0 saturated heterocycles. The van der Waals surface area contributed by atoms with Crippen molar-refractivity contribution in [1.82, 2.24) is 5.32 Å². The number of likely N-dealkylation sites (N-methyl/N-ethyl adjacent to an activating group) is 1. The quantitative estimate of drug-likeness (QED) is 0.0243. The minimum absolute atomic E-state index is 0.0500. The van der Waals surface area contributed by atoms with Crippen LogP contribution in [0.5, 0.6) is 0 Å². The molecule has 0 rings (SSSR count). The van der Waals surface area contributed by atoms with Gasteiger partial charge in [0, 0.05) is 6.42 Å². The van der Waals surface area contributed by atoms with Crippen molar-refractivity contribution in [1.29, 1.82) is 0 Å². The van der Waals surface area contributed by atoms with E-state index >= 15 is 0 Å². The molecule has 3 N–H and O–H groups in total. The van der Waals surface area contributed by atoms with Gasteiger partial charge in [-0.15, -0.1) is 0 Å². The first-order chi connectivity index (χ1) is 35.5. The van der Waals surface area contributed by atoms with E-state index in [2.05, 4.69) is 92.1 Å². The van der Waals surface area contributed by atoms with E-state index in [1.54, 1.807) is 6.08 Å². The van der Waals surface area contributed by atoms with Gasteiger partial charge in [0.1, 0.15) is 13.2 Å². The zero-order valence-electron chi connectivity index (χ0n) is 48.4. The molecule has 0 aliphatic heterocycles. The van der Waals surface area contributed by atoms with Gasteiger partial charge >= 0.3 is 7.82 Å². The molecule has 0 aromatic heterocycles. The SMILES string of the molecule is CC/C=C\C/C=C\C/C=C\C/C=C\CCCCCCCCCCCCCCC(=O)NC(COP(=O)(O)OCC[N+](C)(C)C)C(O)/C=C/CC/C=C/CC/C=C/CCCCCCCCCCCCCCCCCC. The average molecular weight is 1040 g/mol. The number of allylic oxidation sites excluding steroid dienone is 13. The Hall–Kier alpha value is -2.32. The number of phosphoric acid groups is 1. The van der Waals surface area contributed by atoms with Gasteiger partial charge in [0.25, 0.3) is 0 Å². The molecule has 0 spiro atoms. The monoisotopic (exact) mass is 1040 g/mol. The number of carbonyl (C=O) groups excluding carboxylic acids is 1. The number of hydrogen-bond acceptors (Lipinski definition) is 5. The van der Waals surface area contributed by atoms with Gasteiger partial charge in [0.05, 0.1) is 39.9 Å².